The Labute approximate surface area is 128 Å². The molecule has 0 saturated carbocycles. The molecule has 1 N–H and O–H groups in total. The zero-order valence-electron chi connectivity index (χ0n) is 10.6. The highest BCUT2D eigenvalue weighted by Crippen LogP contribution is 2.28. The molecular formula is C14H11BrN2O2S. The molecule has 0 unspecified atom stereocenters. The third-order valence-corrected chi connectivity index (χ3v) is 4.78. The van der Waals surface area contributed by atoms with Gasteiger partial charge in [-0.2, -0.15) is 0 Å². The smallest absolute Gasteiger partial charge is 0.321 e. The van der Waals surface area contributed by atoms with Gasteiger partial charge in [-0.15, -0.1) is 11.3 Å². The van der Waals surface area contributed by atoms with E-state index in [1.54, 1.807) is 24.1 Å². The van der Waals surface area contributed by atoms with Crippen LogP contribution in [-0.2, 0) is 6.54 Å². The Morgan fingerprint density at radius 2 is 2.15 bits per heavy atom. The van der Waals surface area contributed by atoms with Crippen molar-refractivity contribution >= 4 is 44.8 Å². The first-order valence-electron chi connectivity index (χ1n) is 5.99. The minimum Gasteiger partial charge on any atom is -0.323 e. The Kier molecular flexibility index (Phi) is 3.35. The van der Waals surface area contributed by atoms with Crippen LogP contribution in [0.2, 0.25) is 0 Å². The highest BCUT2D eigenvalue weighted by molar-refractivity contribution is 9.11. The molecule has 102 valence electrons. The molecule has 1 aromatic carbocycles. The van der Waals surface area contributed by atoms with E-state index in [-0.39, 0.29) is 11.8 Å². The first kappa shape index (κ1) is 13.3. The molecule has 0 atom stereocenters. The van der Waals surface area contributed by atoms with Crippen LogP contribution >= 0.6 is 27.3 Å². The number of urea groups is 1. The fraction of sp³-hybridized carbons (Fsp3) is 0.143. The lowest BCUT2D eigenvalue weighted by Crippen LogP contribution is -2.35. The van der Waals surface area contributed by atoms with E-state index in [0.29, 0.717) is 17.0 Å². The predicted octanol–water partition coefficient (Wildman–Crippen LogP) is 3.72. The van der Waals surface area contributed by atoms with E-state index in [9.17, 15) is 9.59 Å². The first-order valence-corrected chi connectivity index (χ1v) is 7.60. The first-order chi connectivity index (χ1) is 9.54. The summed E-state index contributed by atoms with van der Waals surface area (Å²) >= 11 is 4.78. The number of carbonyl (C=O) groups excluding carboxylic acids is 2. The molecule has 2 amide bonds. The van der Waals surface area contributed by atoms with Crippen LogP contribution in [0, 0.1) is 0 Å². The van der Waals surface area contributed by atoms with E-state index in [2.05, 4.69) is 21.2 Å². The zero-order chi connectivity index (χ0) is 14.3. The number of ketones is 1. The maximum absolute atomic E-state index is 12.4. The van der Waals surface area contributed by atoms with E-state index >= 15 is 0 Å². The number of anilines is 1. The van der Waals surface area contributed by atoms with Crippen molar-refractivity contribution in [2.24, 2.45) is 0 Å². The number of thiophene rings is 1. The van der Waals surface area contributed by atoms with Crippen LogP contribution in [0.5, 0.6) is 0 Å². The summed E-state index contributed by atoms with van der Waals surface area (Å²) in [6.45, 7) is 0.510. The van der Waals surface area contributed by atoms with Crippen LogP contribution in [0.1, 0.15) is 20.8 Å². The SMILES string of the molecule is CN1Cc2cc(C(=O)c3ccc(Br)s3)ccc2NC1=O. The van der Waals surface area contributed by atoms with Gasteiger partial charge in [0.25, 0.3) is 0 Å². The van der Waals surface area contributed by atoms with Crippen molar-refractivity contribution in [2.45, 2.75) is 6.54 Å². The van der Waals surface area contributed by atoms with Crippen LogP contribution in [0.4, 0.5) is 10.5 Å². The third-order valence-electron chi connectivity index (χ3n) is 3.16. The topological polar surface area (TPSA) is 49.4 Å². The second kappa shape index (κ2) is 5.03. The van der Waals surface area contributed by atoms with Crippen molar-refractivity contribution in [3.63, 3.8) is 0 Å². The number of amides is 2. The van der Waals surface area contributed by atoms with Gasteiger partial charge in [0.1, 0.15) is 0 Å². The van der Waals surface area contributed by atoms with E-state index < -0.39 is 0 Å². The van der Waals surface area contributed by atoms with Gasteiger partial charge in [0.2, 0.25) is 5.78 Å². The van der Waals surface area contributed by atoms with Crippen LogP contribution in [0.25, 0.3) is 0 Å². The van der Waals surface area contributed by atoms with Crippen LogP contribution in [0.3, 0.4) is 0 Å². The summed E-state index contributed by atoms with van der Waals surface area (Å²) in [6, 6.07) is 8.94. The summed E-state index contributed by atoms with van der Waals surface area (Å²) in [5.41, 5.74) is 2.37. The number of nitrogens with one attached hydrogen (secondary N) is 1. The Balaban J connectivity index is 1.95. The monoisotopic (exact) mass is 350 g/mol. The van der Waals surface area contributed by atoms with Gasteiger partial charge in [0, 0.05) is 24.8 Å². The maximum atomic E-state index is 12.4. The quantitative estimate of drug-likeness (QED) is 0.839. The van der Waals surface area contributed by atoms with Gasteiger partial charge in [0.15, 0.2) is 0 Å². The number of nitrogens with zero attached hydrogens (tertiary/aromatic N) is 1. The van der Waals surface area contributed by atoms with Crippen LogP contribution in [-0.4, -0.2) is 23.8 Å². The van der Waals surface area contributed by atoms with E-state index in [4.69, 9.17) is 0 Å². The number of hydrogen-bond donors (Lipinski definition) is 1. The van der Waals surface area contributed by atoms with E-state index in [0.717, 1.165) is 15.0 Å². The molecule has 0 saturated heterocycles. The molecular weight excluding hydrogens is 340 g/mol. The second-order valence-electron chi connectivity index (χ2n) is 4.59. The standard InChI is InChI=1S/C14H11BrN2O2S/c1-17-7-9-6-8(2-3-10(9)16-14(17)19)13(18)11-4-5-12(15)20-11/h2-6H,7H2,1H3,(H,16,19). The fourth-order valence-electron chi connectivity index (χ4n) is 2.10. The summed E-state index contributed by atoms with van der Waals surface area (Å²) in [7, 11) is 1.73. The zero-order valence-corrected chi connectivity index (χ0v) is 13.0. The molecule has 0 bridgehead atoms. The summed E-state index contributed by atoms with van der Waals surface area (Å²) in [5, 5.41) is 2.79. The molecule has 3 rings (SSSR count). The highest BCUT2D eigenvalue weighted by Gasteiger charge is 2.21. The largest absolute Gasteiger partial charge is 0.323 e. The van der Waals surface area contributed by atoms with Crippen molar-refractivity contribution in [1.29, 1.82) is 0 Å². The molecule has 1 aliphatic heterocycles. The molecule has 2 aromatic rings. The van der Waals surface area contributed by atoms with E-state index in [1.807, 2.05) is 18.2 Å². The molecule has 0 spiro atoms. The summed E-state index contributed by atoms with van der Waals surface area (Å²) in [4.78, 5) is 26.2. The van der Waals surface area contributed by atoms with Crippen molar-refractivity contribution in [3.05, 3.63) is 50.1 Å². The number of benzene rings is 1. The Morgan fingerprint density at radius 3 is 2.85 bits per heavy atom. The van der Waals surface area contributed by atoms with Gasteiger partial charge in [0.05, 0.1) is 8.66 Å². The van der Waals surface area contributed by atoms with Gasteiger partial charge >= 0.3 is 6.03 Å². The lowest BCUT2D eigenvalue weighted by Gasteiger charge is -2.26. The highest BCUT2D eigenvalue weighted by atomic mass is 79.9. The molecule has 20 heavy (non-hydrogen) atoms. The van der Waals surface area contributed by atoms with Crippen LogP contribution in [0.15, 0.2) is 34.1 Å². The predicted molar refractivity (Wildman–Crippen MR) is 82.4 cm³/mol. The van der Waals surface area contributed by atoms with Crippen molar-refractivity contribution < 1.29 is 9.59 Å². The Hall–Kier alpha value is -1.66. The fourth-order valence-corrected chi connectivity index (χ4v) is 3.45. The van der Waals surface area contributed by atoms with Gasteiger partial charge < -0.3 is 10.2 Å². The Morgan fingerprint density at radius 1 is 1.35 bits per heavy atom. The summed E-state index contributed by atoms with van der Waals surface area (Å²) in [5.74, 6) is 0.00283. The van der Waals surface area contributed by atoms with Gasteiger partial charge in [-0.1, -0.05) is 0 Å². The molecule has 1 aromatic heterocycles. The number of carbonyl (C=O) groups is 2. The lowest BCUT2D eigenvalue weighted by molar-refractivity contribution is 0.104. The molecule has 1 aliphatic rings. The average molecular weight is 351 g/mol. The number of halogens is 1. The maximum Gasteiger partial charge on any atom is 0.321 e. The number of hydrogen-bond acceptors (Lipinski definition) is 3. The second-order valence-corrected chi connectivity index (χ2v) is 7.05. The molecule has 0 aliphatic carbocycles. The summed E-state index contributed by atoms with van der Waals surface area (Å²) < 4.78 is 0.936. The van der Waals surface area contributed by atoms with Crippen molar-refractivity contribution in [3.8, 4) is 0 Å². The molecule has 6 heteroatoms. The lowest BCUT2D eigenvalue weighted by atomic mass is 10.0. The minimum absolute atomic E-state index is 0.00283. The molecule has 0 fully saturated rings. The van der Waals surface area contributed by atoms with Crippen molar-refractivity contribution in [2.75, 3.05) is 12.4 Å². The van der Waals surface area contributed by atoms with Gasteiger partial charge in [-0.25, -0.2) is 4.79 Å². The van der Waals surface area contributed by atoms with Crippen molar-refractivity contribution in [1.82, 2.24) is 4.90 Å². The van der Waals surface area contributed by atoms with Gasteiger partial charge in [-0.3, -0.25) is 4.79 Å². The van der Waals surface area contributed by atoms with E-state index in [1.165, 1.54) is 11.3 Å². The number of fused-ring (bicyclic) bond motifs is 1. The number of rotatable bonds is 2. The van der Waals surface area contributed by atoms with Crippen LogP contribution < -0.4 is 5.32 Å². The molecule has 2 heterocycles. The van der Waals surface area contributed by atoms with Gasteiger partial charge in [-0.05, 0) is 51.8 Å². The third kappa shape index (κ3) is 2.36. The average Bonchev–Trinajstić information content (AvgIpc) is 2.85. The molecule has 0 radical (unpaired) electrons. The normalized spacial score (nSPS) is 13.9. The summed E-state index contributed by atoms with van der Waals surface area (Å²) in [6.07, 6.45) is 0. The molecule has 4 nitrogen and oxygen atoms in total. The Bertz CT molecular complexity index is 711. The minimum atomic E-state index is -0.126.